The molecule has 124 valence electrons. The Bertz CT molecular complexity index is 279. The molecule has 0 saturated carbocycles. The van der Waals surface area contributed by atoms with Crippen molar-refractivity contribution in [2.24, 2.45) is 5.92 Å². The summed E-state index contributed by atoms with van der Waals surface area (Å²) >= 11 is 0. The first kappa shape index (κ1) is 19.9. The standard InChI is InChI=1S/C17H33NO3/c1-3-4-5-6-7-8-9-10-11-12-16(19)18-14-15(2)13-17(20)21/h15H,3-14H2,1-2H3,(H,18,19)(H,20,21). The lowest BCUT2D eigenvalue weighted by molar-refractivity contribution is -0.138. The minimum Gasteiger partial charge on any atom is -0.481 e. The van der Waals surface area contributed by atoms with Crippen LogP contribution in [-0.2, 0) is 9.59 Å². The summed E-state index contributed by atoms with van der Waals surface area (Å²) in [5, 5.41) is 11.4. The molecular formula is C17H33NO3. The molecular weight excluding hydrogens is 266 g/mol. The van der Waals surface area contributed by atoms with E-state index in [0.29, 0.717) is 13.0 Å². The van der Waals surface area contributed by atoms with E-state index >= 15 is 0 Å². The molecule has 0 saturated heterocycles. The highest BCUT2D eigenvalue weighted by atomic mass is 16.4. The number of carboxylic acid groups (broad SMARTS) is 1. The van der Waals surface area contributed by atoms with E-state index in [4.69, 9.17) is 5.11 Å². The van der Waals surface area contributed by atoms with E-state index in [2.05, 4.69) is 12.2 Å². The minimum absolute atomic E-state index is 0.00503. The van der Waals surface area contributed by atoms with Crippen molar-refractivity contribution >= 4 is 11.9 Å². The van der Waals surface area contributed by atoms with Crippen molar-refractivity contribution in [3.8, 4) is 0 Å². The molecule has 1 atom stereocenters. The number of carbonyl (C=O) groups excluding carboxylic acids is 1. The summed E-state index contributed by atoms with van der Waals surface area (Å²) in [5.41, 5.74) is 0. The Morgan fingerprint density at radius 3 is 2.00 bits per heavy atom. The van der Waals surface area contributed by atoms with Gasteiger partial charge in [0.2, 0.25) is 5.91 Å². The highest BCUT2D eigenvalue weighted by molar-refractivity contribution is 5.75. The zero-order chi connectivity index (χ0) is 15.9. The summed E-state index contributed by atoms with van der Waals surface area (Å²) in [6.07, 6.45) is 11.9. The maximum Gasteiger partial charge on any atom is 0.303 e. The first-order chi connectivity index (χ1) is 10.1. The molecule has 0 spiro atoms. The van der Waals surface area contributed by atoms with Gasteiger partial charge in [-0.2, -0.15) is 0 Å². The van der Waals surface area contributed by atoms with Gasteiger partial charge in [-0.05, 0) is 12.3 Å². The second-order valence-corrected chi connectivity index (χ2v) is 6.09. The van der Waals surface area contributed by atoms with E-state index in [-0.39, 0.29) is 18.2 Å². The van der Waals surface area contributed by atoms with Crippen molar-refractivity contribution in [3.05, 3.63) is 0 Å². The van der Waals surface area contributed by atoms with Crippen LogP contribution in [0.15, 0.2) is 0 Å². The molecule has 0 aliphatic carbocycles. The summed E-state index contributed by atoms with van der Waals surface area (Å²) in [7, 11) is 0. The van der Waals surface area contributed by atoms with Crippen LogP contribution < -0.4 is 5.32 Å². The van der Waals surface area contributed by atoms with Crippen LogP contribution in [0.3, 0.4) is 0 Å². The zero-order valence-corrected chi connectivity index (χ0v) is 13.8. The number of unbranched alkanes of at least 4 members (excludes halogenated alkanes) is 8. The van der Waals surface area contributed by atoms with Crippen LogP contribution in [0.2, 0.25) is 0 Å². The van der Waals surface area contributed by atoms with Gasteiger partial charge in [0.1, 0.15) is 0 Å². The maximum atomic E-state index is 11.6. The first-order valence-electron chi connectivity index (χ1n) is 8.54. The van der Waals surface area contributed by atoms with Gasteiger partial charge in [-0.1, -0.05) is 65.2 Å². The van der Waals surface area contributed by atoms with Crippen LogP contribution in [0.5, 0.6) is 0 Å². The highest BCUT2D eigenvalue weighted by Gasteiger charge is 2.09. The van der Waals surface area contributed by atoms with Crippen LogP contribution in [0.25, 0.3) is 0 Å². The van der Waals surface area contributed by atoms with Crippen molar-refractivity contribution in [2.75, 3.05) is 6.54 Å². The van der Waals surface area contributed by atoms with Crippen molar-refractivity contribution in [1.29, 1.82) is 0 Å². The van der Waals surface area contributed by atoms with Gasteiger partial charge in [0.25, 0.3) is 0 Å². The zero-order valence-electron chi connectivity index (χ0n) is 13.8. The smallest absolute Gasteiger partial charge is 0.303 e. The molecule has 1 amide bonds. The van der Waals surface area contributed by atoms with Gasteiger partial charge in [-0.15, -0.1) is 0 Å². The number of rotatable bonds is 14. The van der Waals surface area contributed by atoms with Crippen LogP contribution >= 0.6 is 0 Å². The monoisotopic (exact) mass is 299 g/mol. The lowest BCUT2D eigenvalue weighted by Crippen LogP contribution is -2.28. The van der Waals surface area contributed by atoms with Crippen LogP contribution in [-0.4, -0.2) is 23.5 Å². The molecule has 1 unspecified atom stereocenters. The molecule has 0 aromatic rings. The van der Waals surface area contributed by atoms with Gasteiger partial charge in [0.15, 0.2) is 0 Å². The normalized spacial score (nSPS) is 12.1. The van der Waals surface area contributed by atoms with E-state index < -0.39 is 5.97 Å². The third kappa shape index (κ3) is 15.2. The lowest BCUT2D eigenvalue weighted by atomic mass is 10.1. The van der Waals surface area contributed by atoms with Gasteiger partial charge in [-0.3, -0.25) is 9.59 Å². The van der Waals surface area contributed by atoms with Crippen molar-refractivity contribution < 1.29 is 14.7 Å². The molecule has 0 aromatic carbocycles. The van der Waals surface area contributed by atoms with Crippen molar-refractivity contribution in [3.63, 3.8) is 0 Å². The Kier molecular flexibility index (Phi) is 13.2. The maximum absolute atomic E-state index is 11.6. The van der Waals surface area contributed by atoms with E-state index in [0.717, 1.165) is 12.8 Å². The number of carbonyl (C=O) groups is 2. The van der Waals surface area contributed by atoms with E-state index in [9.17, 15) is 9.59 Å². The summed E-state index contributed by atoms with van der Waals surface area (Å²) in [5.74, 6) is -0.763. The van der Waals surface area contributed by atoms with Crippen LogP contribution in [0, 0.1) is 5.92 Å². The molecule has 4 heteroatoms. The van der Waals surface area contributed by atoms with Gasteiger partial charge in [0.05, 0.1) is 0 Å². The molecule has 0 aliphatic heterocycles. The van der Waals surface area contributed by atoms with E-state index in [1.807, 2.05) is 6.92 Å². The van der Waals surface area contributed by atoms with Crippen molar-refractivity contribution in [1.82, 2.24) is 5.32 Å². The molecule has 0 rings (SSSR count). The fourth-order valence-corrected chi connectivity index (χ4v) is 2.34. The SMILES string of the molecule is CCCCCCCCCCCC(=O)NCC(C)CC(=O)O. The molecule has 21 heavy (non-hydrogen) atoms. The summed E-state index contributed by atoms with van der Waals surface area (Å²) in [4.78, 5) is 22.1. The molecule has 4 nitrogen and oxygen atoms in total. The lowest BCUT2D eigenvalue weighted by Gasteiger charge is -2.10. The predicted molar refractivity (Wildman–Crippen MR) is 86.3 cm³/mol. The molecule has 0 aromatic heterocycles. The average Bonchev–Trinajstić information content (AvgIpc) is 2.42. The molecule has 0 heterocycles. The number of carboxylic acids is 1. The third-order valence-corrected chi connectivity index (χ3v) is 3.68. The Labute approximate surface area is 129 Å². The topological polar surface area (TPSA) is 66.4 Å². The average molecular weight is 299 g/mol. The molecule has 0 bridgehead atoms. The van der Waals surface area contributed by atoms with Crippen LogP contribution in [0.1, 0.15) is 84.5 Å². The minimum atomic E-state index is -0.810. The Morgan fingerprint density at radius 2 is 1.48 bits per heavy atom. The van der Waals surface area contributed by atoms with Gasteiger partial charge >= 0.3 is 5.97 Å². The number of amides is 1. The number of aliphatic carboxylic acids is 1. The molecule has 0 fully saturated rings. The molecule has 0 aliphatic rings. The molecule has 0 radical (unpaired) electrons. The number of nitrogens with one attached hydrogen (secondary N) is 1. The quantitative estimate of drug-likeness (QED) is 0.474. The summed E-state index contributed by atoms with van der Waals surface area (Å²) in [6.45, 7) is 4.53. The fourth-order valence-electron chi connectivity index (χ4n) is 2.34. The van der Waals surface area contributed by atoms with Gasteiger partial charge in [-0.25, -0.2) is 0 Å². The first-order valence-corrected chi connectivity index (χ1v) is 8.54. The van der Waals surface area contributed by atoms with Crippen LogP contribution in [0.4, 0.5) is 0 Å². The Balaban J connectivity index is 3.32. The van der Waals surface area contributed by atoms with Crippen molar-refractivity contribution in [2.45, 2.75) is 84.5 Å². The Morgan fingerprint density at radius 1 is 0.952 bits per heavy atom. The number of hydrogen-bond acceptors (Lipinski definition) is 2. The fraction of sp³-hybridized carbons (Fsp3) is 0.882. The highest BCUT2D eigenvalue weighted by Crippen LogP contribution is 2.10. The third-order valence-electron chi connectivity index (χ3n) is 3.68. The molecule has 2 N–H and O–H groups in total. The predicted octanol–water partition coefficient (Wildman–Crippen LogP) is 4.13. The van der Waals surface area contributed by atoms with E-state index in [1.165, 1.54) is 44.9 Å². The number of hydrogen-bond donors (Lipinski definition) is 2. The second kappa shape index (κ2) is 13.9. The Hall–Kier alpha value is -1.06. The summed E-state index contributed by atoms with van der Waals surface area (Å²) < 4.78 is 0. The second-order valence-electron chi connectivity index (χ2n) is 6.09. The van der Waals surface area contributed by atoms with Gasteiger partial charge in [0, 0.05) is 19.4 Å². The summed E-state index contributed by atoms with van der Waals surface area (Å²) in [6, 6.07) is 0. The van der Waals surface area contributed by atoms with E-state index in [1.54, 1.807) is 0 Å². The van der Waals surface area contributed by atoms with Gasteiger partial charge < -0.3 is 10.4 Å². The largest absolute Gasteiger partial charge is 0.481 e.